The van der Waals surface area contributed by atoms with Gasteiger partial charge in [0.25, 0.3) is 0 Å². The number of nitrogens with one attached hydrogen (secondary N) is 1. The summed E-state index contributed by atoms with van der Waals surface area (Å²) in [4.78, 5) is 12.6. The molecule has 2 fully saturated rings. The molecule has 0 spiro atoms. The first kappa shape index (κ1) is 23.2. The Balaban J connectivity index is 1.70. The average Bonchev–Trinajstić information content (AvgIpc) is 3.66. The van der Waals surface area contributed by atoms with Crippen molar-refractivity contribution in [3.8, 4) is 5.75 Å². The Bertz CT molecular complexity index is 1200. The van der Waals surface area contributed by atoms with Crippen LogP contribution >= 0.6 is 0 Å². The fraction of sp³-hybridized carbons (Fsp3) is 0.435. The molecule has 2 aliphatic rings. The van der Waals surface area contributed by atoms with Crippen LogP contribution in [0.15, 0.2) is 41.1 Å². The Hall–Kier alpha value is -2.98. The van der Waals surface area contributed by atoms with E-state index >= 15 is 0 Å². The Kier molecular flexibility index (Phi) is 6.94. The smallest absolute Gasteiger partial charge is 0.237 e. The molecule has 176 valence electrons. The van der Waals surface area contributed by atoms with Gasteiger partial charge in [-0.3, -0.25) is 4.72 Å². The maximum Gasteiger partial charge on any atom is 0.237 e. The summed E-state index contributed by atoms with van der Waals surface area (Å²) in [5.41, 5.74) is 2.57. The van der Waals surface area contributed by atoms with Crippen LogP contribution in [0.1, 0.15) is 36.9 Å². The summed E-state index contributed by atoms with van der Waals surface area (Å²) in [5.74, 6) is 0.747. The number of rotatable bonds is 9. The number of ether oxygens (including phenoxy) is 3. The minimum Gasteiger partial charge on any atom is -0.488 e. The lowest BCUT2D eigenvalue weighted by molar-refractivity contribution is 0.0261. The Morgan fingerprint density at radius 2 is 2.00 bits per heavy atom. The molecule has 2 aromatic rings. The van der Waals surface area contributed by atoms with Crippen molar-refractivity contribution in [2.45, 2.75) is 44.0 Å². The number of benzene rings is 1. The van der Waals surface area contributed by atoms with Gasteiger partial charge in [0.1, 0.15) is 29.4 Å². The zero-order chi connectivity index (χ0) is 23.4. The fourth-order valence-corrected chi connectivity index (χ4v) is 5.03. The van der Waals surface area contributed by atoms with E-state index in [-0.39, 0.29) is 22.9 Å². The van der Waals surface area contributed by atoms with Crippen LogP contribution < -0.4 is 9.46 Å². The summed E-state index contributed by atoms with van der Waals surface area (Å²) >= 11 is 0. The third kappa shape index (κ3) is 5.51. The molecule has 0 bridgehead atoms. The molecule has 0 atom stereocenters. The summed E-state index contributed by atoms with van der Waals surface area (Å²) in [6, 6.07) is 3.83. The highest BCUT2D eigenvalue weighted by Gasteiger charge is 2.36. The van der Waals surface area contributed by atoms with E-state index in [4.69, 9.17) is 14.2 Å². The number of hydrogen-bond acceptors (Lipinski definition) is 8. The molecule has 0 radical (unpaired) electrons. The highest BCUT2D eigenvalue weighted by molar-refractivity contribution is 7.90. The van der Waals surface area contributed by atoms with Gasteiger partial charge >= 0.3 is 0 Å². The van der Waals surface area contributed by atoms with Gasteiger partial charge in [0.2, 0.25) is 15.9 Å². The van der Waals surface area contributed by atoms with Gasteiger partial charge in [-0.05, 0) is 50.3 Å². The second-order valence-electron chi connectivity index (χ2n) is 8.06. The number of aryl methyl sites for hydroxylation is 1. The molecule has 1 saturated carbocycles. The van der Waals surface area contributed by atoms with Crippen molar-refractivity contribution in [3.05, 3.63) is 47.4 Å². The molecule has 9 nitrogen and oxygen atoms in total. The Labute approximate surface area is 193 Å². The lowest BCUT2D eigenvalue weighted by Crippen LogP contribution is -2.27. The van der Waals surface area contributed by atoms with Crippen molar-refractivity contribution < 1.29 is 22.6 Å². The van der Waals surface area contributed by atoms with E-state index in [9.17, 15) is 8.42 Å². The lowest BCUT2D eigenvalue weighted by atomic mass is 10.1. The van der Waals surface area contributed by atoms with E-state index in [0.717, 1.165) is 35.0 Å². The van der Waals surface area contributed by atoms with Gasteiger partial charge in [-0.1, -0.05) is 6.08 Å². The lowest BCUT2D eigenvalue weighted by Gasteiger charge is -2.24. The number of aromatic nitrogens is 2. The summed E-state index contributed by atoms with van der Waals surface area (Å²) < 4.78 is 44.6. The van der Waals surface area contributed by atoms with Crippen LogP contribution in [0.4, 0.5) is 0 Å². The Morgan fingerprint density at radius 1 is 1.24 bits per heavy atom. The molecule has 33 heavy (non-hydrogen) atoms. The molecule has 4 rings (SSSR count). The van der Waals surface area contributed by atoms with Crippen molar-refractivity contribution in [1.29, 1.82) is 0 Å². The van der Waals surface area contributed by atoms with Crippen LogP contribution in [-0.2, 0) is 19.5 Å². The van der Waals surface area contributed by atoms with Crippen molar-refractivity contribution in [1.82, 2.24) is 14.7 Å². The molecule has 1 aromatic carbocycles. The molecule has 0 unspecified atom stereocenters. The quantitative estimate of drug-likeness (QED) is 0.339. The molecule has 1 aromatic heterocycles. The number of allylic oxidation sites excluding steroid dienone is 1. The average molecular weight is 473 g/mol. The largest absolute Gasteiger partial charge is 0.488 e. The van der Waals surface area contributed by atoms with Crippen LogP contribution in [0.5, 0.6) is 5.75 Å². The first-order chi connectivity index (χ1) is 15.9. The molecule has 2 heterocycles. The number of methoxy groups -OCH3 is 1. The highest BCUT2D eigenvalue weighted by atomic mass is 32.2. The van der Waals surface area contributed by atoms with Gasteiger partial charge in [-0.15, -0.1) is 0 Å². The van der Waals surface area contributed by atoms with Gasteiger partial charge in [0.05, 0.1) is 25.6 Å². The predicted octanol–water partition coefficient (Wildman–Crippen LogP) is 3.11. The van der Waals surface area contributed by atoms with Gasteiger partial charge in [0, 0.05) is 23.9 Å². The molecule has 10 heteroatoms. The normalized spacial score (nSPS) is 18.2. The number of sulfonamides is 1. The molecule has 1 aliphatic carbocycles. The highest BCUT2D eigenvalue weighted by Crippen LogP contribution is 2.31. The van der Waals surface area contributed by atoms with Crippen molar-refractivity contribution >= 4 is 33.7 Å². The summed E-state index contributed by atoms with van der Waals surface area (Å²) in [5, 5.41) is 0.475. The van der Waals surface area contributed by atoms with E-state index in [0.29, 0.717) is 31.8 Å². The number of fused-ring (bicyclic) bond motifs is 1. The van der Waals surface area contributed by atoms with Gasteiger partial charge in [-0.25, -0.2) is 23.4 Å². The first-order valence-corrected chi connectivity index (χ1v) is 12.4. The van der Waals surface area contributed by atoms with Gasteiger partial charge in [0.15, 0.2) is 0 Å². The molecular formula is C23H28N4O5S. The van der Waals surface area contributed by atoms with Crippen LogP contribution in [-0.4, -0.2) is 56.8 Å². The third-order valence-electron chi connectivity index (χ3n) is 5.61. The molecule has 1 N–H and O–H groups in total. The maximum absolute atomic E-state index is 12.5. The van der Waals surface area contributed by atoms with E-state index < -0.39 is 10.0 Å². The van der Waals surface area contributed by atoms with Crippen LogP contribution in [0.25, 0.3) is 17.0 Å². The van der Waals surface area contributed by atoms with Crippen molar-refractivity contribution in [2.24, 2.45) is 4.99 Å². The monoisotopic (exact) mass is 472 g/mol. The number of nitrogens with zero attached hydrogens (tertiary/aromatic N) is 3. The van der Waals surface area contributed by atoms with Gasteiger partial charge in [-0.2, -0.15) is 0 Å². The molecule has 0 amide bonds. The van der Waals surface area contributed by atoms with Crippen molar-refractivity contribution in [3.63, 3.8) is 0 Å². The topological polar surface area (TPSA) is 112 Å². The molecule has 1 aliphatic heterocycles. The fourth-order valence-electron chi connectivity index (χ4n) is 3.64. The molecule has 1 saturated heterocycles. The van der Waals surface area contributed by atoms with Crippen LogP contribution in [0.2, 0.25) is 0 Å². The number of aliphatic imine (C=N–C) groups is 1. The summed E-state index contributed by atoms with van der Waals surface area (Å²) in [7, 11) is -2.09. The summed E-state index contributed by atoms with van der Waals surface area (Å²) in [6.07, 6.45) is 7.87. The van der Waals surface area contributed by atoms with Crippen LogP contribution in [0.3, 0.4) is 0 Å². The SMILES string of the molecule is C=N/C(OC)=C(\C=C\c1cc(OC2CCOCC2)c2ncnc(C)c2c1)NS(=O)(=O)C1CC1. The minimum absolute atomic E-state index is 0.0438. The van der Waals surface area contributed by atoms with Crippen molar-refractivity contribution in [2.75, 3.05) is 20.3 Å². The van der Waals surface area contributed by atoms with E-state index in [1.165, 1.54) is 13.4 Å². The van der Waals surface area contributed by atoms with E-state index in [1.54, 1.807) is 12.2 Å². The zero-order valence-electron chi connectivity index (χ0n) is 18.8. The summed E-state index contributed by atoms with van der Waals surface area (Å²) in [6.45, 7) is 6.73. The minimum atomic E-state index is -3.51. The van der Waals surface area contributed by atoms with Crippen LogP contribution in [0, 0.1) is 6.92 Å². The van der Waals surface area contributed by atoms with E-state index in [1.807, 2.05) is 19.1 Å². The molecular weight excluding hydrogens is 444 g/mol. The third-order valence-corrected chi connectivity index (χ3v) is 7.47. The standard InChI is InChI=1S/C23H28N4O5S/c1-15-19-12-16(4-7-20(23(24-2)30-3)27-33(28,29)18-5-6-18)13-21(22(19)26-14-25-15)32-17-8-10-31-11-9-17/h4,7,12-14,17-18,27H,2,5-6,8-11H2,1,3H3/b7-4+,23-20-. The van der Waals surface area contributed by atoms with Gasteiger partial charge < -0.3 is 14.2 Å². The second-order valence-corrected chi connectivity index (χ2v) is 10.0. The zero-order valence-corrected chi connectivity index (χ0v) is 19.6. The Morgan fingerprint density at radius 3 is 2.67 bits per heavy atom. The first-order valence-electron chi connectivity index (χ1n) is 10.9. The van der Waals surface area contributed by atoms with E-state index in [2.05, 4.69) is 26.4 Å². The predicted molar refractivity (Wildman–Crippen MR) is 126 cm³/mol. The second kappa shape index (κ2) is 9.88. The maximum atomic E-state index is 12.5. The number of hydrogen-bond donors (Lipinski definition) is 1.